The summed E-state index contributed by atoms with van der Waals surface area (Å²) in [5.74, 6) is -0.127. The van der Waals surface area contributed by atoms with Gasteiger partial charge in [-0.25, -0.2) is 0 Å². The van der Waals surface area contributed by atoms with Crippen molar-refractivity contribution in [3.8, 4) is 0 Å². The van der Waals surface area contributed by atoms with Gasteiger partial charge in [0, 0.05) is 47.2 Å². The molecule has 6 nitrogen and oxygen atoms in total. The number of carbonyl (C=O) groups excluding carboxylic acids is 2. The van der Waals surface area contributed by atoms with Crippen molar-refractivity contribution >= 4 is 11.8 Å². The zero-order valence-corrected chi connectivity index (χ0v) is 10.8. The highest BCUT2D eigenvalue weighted by Gasteiger charge is 2.10. The van der Waals surface area contributed by atoms with E-state index in [0.717, 1.165) is 0 Å². The highest BCUT2D eigenvalue weighted by atomic mass is 16.5. The van der Waals surface area contributed by atoms with Gasteiger partial charge in [-0.2, -0.15) is 0 Å². The molecule has 0 atom stereocenters. The van der Waals surface area contributed by atoms with E-state index in [1.165, 1.54) is 6.92 Å². The molecule has 2 amide bonds. The largest absolute Gasteiger partial charge is 0.383 e. The van der Waals surface area contributed by atoms with Crippen molar-refractivity contribution in [2.24, 2.45) is 0 Å². The van der Waals surface area contributed by atoms with Crippen LogP contribution in [0.15, 0.2) is 0 Å². The average Bonchev–Trinajstić information content (AvgIpc) is 2.29. The van der Waals surface area contributed by atoms with E-state index in [0.29, 0.717) is 39.3 Å². The van der Waals surface area contributed by atoms with E-state index < -0.39 is 0 Å². The molecular weight excluding hydrogens is 224 g/mol. The maximum atomic E-state index is 11.4. The monoisotopic (exact) mass is 246 g/mol. The van der Waals surface area contributed by atoms with Gasteiger partial charge < -0.3 is 19.7 Å². The van der Waals surface area contributed by atoms with Crippen molar-refractivity contribution in [3.63, 3.8) is 0 Å². The number of ether oxygens (including phenoxy) is 2. The molecule has 0 unspecified atom stereocenters. The van der Waals surface area contributed by atoms with Gasteiger partial charge in [-0.3, -0.25) is 9.59 Å². The first kappa shape index (κ1) is 15.9. The fourth-order valence-electron chi connectivity index (χ4n) is 1.25. The highest BCUT2D eigenvalue weighted by Crippen LogP contribution is 1.93. The summed E-state index contributed by atoms with van der Waals surface area (Å²) in [6.45, 7) is 3.87. The minimum absolute atomic E-state index is 0.0493. The van der Waals surface area contributed by atoms with Gasteiger partial charge in [-0.05, 0) is 0 Å². The third kappa shape index (κ3) is 8.65. The molecule has 0 rings (SSSR count). The van der Waals surface area contributed by atoms with E-state index in [2.05, 4.69) is 5.32 Å². The highest BCUT2D eigenvalue weighted by molar-refractivity contribution is 5.77. The van der Waals surface area contributed by atoms with Crippen molar-refractivity contribution in [1.82, 2.24) is 10.2 Å². The number of hydrogen-bond acceptors (Lipinski definition) is 4. The quantitative estimate of drug-likeness (QED) is 0.564. The topological polar surface area (TPSA) is 67.9 Å². The molecule has 17 heavy (non-hydrogen) atoms. The van der Waals surface area contributed by atoms with Crippen LogP contribution in [0.2, 0.25) is 0 Å². The molecule has 0 saturated carbocycles. The summed E-state index contributed by atoms with van der Waals surface area (Å²) in [5, 5.41) is 2.70. The first-order chi connectivity index (χ1) is 8.11. The number of methoxy groups -OCH3 is 2. The molecule has 0 saturated heterocycles. The van der Waals surface area contributed by atoms with Crippen LogP contribution in [0.3, 0.4) is 0 Å². The lowest BCUT2D eigenvalue weighted by molar-refractivity contribution is -0.130. The lowest BCUT2D eigenvalue weighted by Crippen LogP contribution is -2.36. The number of hydrogen-bond donors (Lipinski definition) is 1. The van der Waals surface area contributed by atoms with Crippen LogP contribution in [-0.2, 0) is 19.1 Å². The van der Waals surface area contributed by atoms with Gasteiger partial charge in [0.15, 0.2) is 0 Å². The lowest BCUT2D eigenvalue weighted by atomic mass is 10.3. The molecule has 0 aromatic heterocycles. The predicted molar refractivity (Wildman–Crippen MR) is 63.6 cm³/mol. The summed E-state index contributed by atoms with van der Waals surface area (Å²) >= 11 is 0. The van der Waals surface area contributed by atoms with Crippen molar-refractivity contribution in [2.75, 3.05) is 47.1 Å². The minimum atomic E-state index is -0.0780. The average molecular weight is 246 g/mol. The van der Waals surface area contributed by atoms with Crippen LogP contribution in [-0.4, -0.2) is 63.8 Å². The van der Waals surface area contributed by atoms with Crippen LogP contribution in [0.4, 0.5) is 0 Å². The number of carbonyl (C=O) groups is 2. The van der Waals surface area contributed by atoms with Crippen molar-refractivity contribution < 1.29 is 19.1 Å². The molecule has 0 fully saturated rings. The maximum Gasteiger partial charge on any atom is 0.221 e. The van der Waals surface area contributed by atoms with Crippen LogP contribution in [0.5, 0.6) is 0 Å². The first-order valence-corrected chi connectivity index (χ1v) is 5.62. The first-order valence-electron chi connectivity index (χ1n) is 5.62. The fourth-order valence-corrected chi connectivity index (χ4v) is 1.25. The molecule has 0 aliphatic heterocycles. The summed E-state index contributed by atoms with van der Waals surface area (Å²) in [4.78, 5) is 24.2. The van der Waals surface area contributed by atoms with Gasteiger partial charge in [-0.1, -0.05) is 0 Å². The Kier molecular flexibility index (Phi) is 9.37. The van der Waals surface area contributed by atoms with E-state index in [-0.39, 0.29) is 11.8 Å². The second kappa shape index (κ2) is 10.0. The van der Waals surface area contributed by atoms with Gasteiger partial charge in [-0.15, -0.1) is 0 Å². The Bertz CT molecular complexity index is 234. The Hall–Kier alpha value is -1.14. The Labute approximate surface area is 102 Å². The standard InChI is InChI=1S/C11H22N2O4/c1-10(14)13(7-9-17-3)6-4-11(15)12-5-8-16-2/h4-9H2,1-3H3,(H,12,15). The molecule has 0 radical (unpaired) electrons. The van der Waals surface area contributed by atoms with Crippen LogP contribution in [0.25, 0.3) is 0 Å². The molecule has 0 heterocycles. The molecule has 0 spiro atoms. The van der Waals surface area contributed by atoms with Crippen LogP contribution in [0, 0.1) is 0 Å². The molecule has 0 aliphatic carbocycles. The Balaban J connectivity index is 3.79. The molecule has 0 aromatic carbocycles. The van der Waals surface area contributed by atoms with E-state index in [1.807, 2.05) is 0 Å². The number of rotatable bonds is 9. The van der Waals surface area contributed by atoms with E-state index >= 15 is 0 Å². The predicted octanol–water partition coefficient (Wildman–Crippen LogP) is -0.366. The lowest BCUT2D eigenvalue weighted by Gasteiger charge is -2.20. The molecule has 100 valence electrons. The SMILES string of the molecule is COCCNC(=O)CCN(CCOC)C(C)=O. The third-order valence-corrected chi connectivity index (χ3v) is 2.25. The molecule has 0 aliphatic rings. The van der Waals surface area contributed by atoms with Crippen molar-refractivity contribution in [1.29, 1.82) is 0 Å². The summed E-state index contributed by atoms with van der Waals surface area (Å²) < 4.78 is 9.71. The summed E-state index contributed by atoms with van der Waals surface area (Å²) in [5.41, 5.74) is 0. The normalized spacial score (nSPS) is 10.1. The van der Waals surface area contributed by atoms with Crippen molar-refractivity contribution in [3.05, 3.63) is 0 Å². The maximum absolute atomic E-state index is 11.4. The number of nitrogens with zero attached hydrogens (tertiary/aromatic N) is 1. The summed E-state index contributed by atoms with van der Waals surface area (Å²) in [6.07, 6.45) is 0.299. The molecule has 1 N–H and O–H groups in total. The number of nitrogens with one attached hydrogen (secondary N) is 1. The molecule has 0 bridgehead atoms. The van der Waals surface area contributed by atoms with E-state index in [4.69, 9.17) is 9.47 Å². The van der Waals surface area contributed by atoms with Crippen LogP contribution >= 0.6 is 0 Å². The van der Waals surface area contributed by atoms with Crippen LogP contribution in [0.1, 0.15) is 13.3 Å². The second-order valence-electron chi connectivity index (χ2n) is 3.59. The molecule has 0 aromatic rings. The second-order valence-corrected chi connectivity index (χ2v) is 3.59. The van der Waals surface area contributed by atoms with Gasteiger partial charge >= 0.3 is 0 Å². The zero-order valence-electron chi connectivity index (χ0n) is 10.8. The Morgan fingerprint density at radius 2 is 1.76 bits per heavy atom. The summed E-state index contributed by atoms with van der Waals surface area (Å²) in [6, 6.07) is 0. The molecular formula is C11H22N2O4. The Morgan fingerprint density at radius 3 is 2.29 bits per heavy atom. The summed E-state index contributed by atoms with van der Waals surface area (Å²) in [7, 11) is 3.16. The molecule has 6 heteroatoms. The minimum Gasteiger partial charge on any atom is -0.383 e. The fraction of sp³-hybridized carbons (Fsp3) is 0.818. The third-order valence-electron chi connectivity index (χ3n) is 2.25. The van der Waals surface area contributed by atoms with Gasteiger partial charge in [0.25, 0.3) is 0 Å². The van der Waals surface area contributed by atoms with E-state index in [9.17, 15) is 9.59 Å². The van der Waals surface area contributed by atoms with Gasteiger partial charge in [0.2, 0.25) is 11.8 Å². The smallest absolute Gasteiger partial charge is 0.221 e. The van der Waals surface area contributed by atoms with E-state index in [1.54, 1.807) is 19.1 Å². The van der Waals surface area contributed by atoms with Gasteiger partial charge in [0.1, 0.15) is 0 Å². The van der Waals surface area contributed by atoms with Crippen molar-refractivity contribution in [2.45, 2.75) is 13.3 Å². The van der Waals surface area contributed by atoms with Gasteiger partial charge in [0.05, 0.1) is 13.2 Å². The number of amides is 2. The zero-order chi connectivity index (χ0) is 13.1. The Morgan fingerprint density at radius 1 is 1.12 bits per heavy atom. The van der Waals surface area contributed by atoms with Crippen LogP contribution < -0.4 is 5.32 Å².